The maximum atomic E-state index is 13.4. The Kier molecular flexibility index (Phi) is 6.37. The van der Waals surface area contributed by atoms with Crippen LogP contribution in [0.2, 0.25) is 5.02 Å². The summed E-state index contributed by atoms with van der Waals surface area (Å²) in [6.07, 6.45) is 9.52. The second-order valence-electron chi connectivity index (χ2n) is 6.63. The lowest BCUT2D eigenvalue weighted by molar-refractivity contribution is 0.166. The lowest BCUT2D eigenvalue weighted by Gasteiger charge is -2.39. The van der Waals surface area contributed by atoms with Crippen molar-refractivity contribution in [3.05, 3.63) is 34.6 Å². The van der Waals surface area contributed by atoms with Crippen LogP contribution in [0.4, 0.5) is 4.39 Å². The molecule has 0 spiro atoms. The zero-order chi connectivity index (χ0) is 15.3. The molecule has 1 aromatic rings. The SMILES string of the molecule is CCCCC1CCC(CCl)(Cc2cc(F)ccc2Cl)CC1. The van der Waals surface area contributed by atoms with Crippen LogP contribution in [0.5, 0.6) is 0 Å². The third-order valence-corrected chi connectivity index (χ3v) is 5.92. The first-order chi connectivity index (χ1) is 10.1. The van der Waals surface area contributed by atoms with Crippen LogP contribution in [-0.2, 0) is 6.42 Å². The van der Waals surface area contributed by atoms with Gasteiger partial charge in [0.2, 0.25) is 0 Å². The van der Waals surface area contributed by atoms with E-state index in [4.69, 9.17) is 23.2 Å². The van der Waals surface area contributed by atoms with Crippen molar-refractivity contribution in [1.82, 2.24) is 0 Å². The standard InChI is InChI=1S/C18H25Cl2F/c1-2-3-4-14-7-9-18(13-19,10-8-14)12-15-11-16(21)5-6-17(15)20/h5-6,11,14H,2-4,7-10,12-13H2,1H3. The van der Waals surface area contributed by atoms with Gasteiger partial charge in [0.1, 0.15) is 5.82 Å². The Labute approximate surface area is 138 Å². The fourth-order valence-electron chi connectivity index (χ4n) is 3.51. The highest BCUT2D eigenvalue weighted by Crippen LogP contribution is 2.44. The van der Waals surface area contributed by atoms with Crippen molar-refractivity contribution >= 4 is 23.2 Å². The third kappa shape index (κ3) is 4.60. The van der Waals surface area contributed by atoms with Gasteiger partial charge in [-0.1, -0.05) is 37.8 Å². The van der Waals surface area contributed by atoms with Crippen molar-refractivity contribution in [3.8, 4) is 0 Å². The van der Waals surface area contributed by atoms with E-state index in [2.05, 4.69) is 6.92 Å². The van der Waals surface area contributed by atoms with E-state index >= 15 is 0 Å². The van der Waals surface area contributed by atoms with Crippen LogP contribution in [0.15, 0.2) is 18.2 Å². The molecule has 0 heterocycles. The molecule has 118 valence electrons. The zero-order valence-corrected chi connectivity index (χ0v) is 14.3. The first-order valence-electron chi connectivity index (χ1n) is 8.08. The zero-order valence-electron chi connectivity index (χ0n) is 12.8. The second kappa shape index (κ2) is 7.83. The number of hydrogen-bond donors (Lipinski definition) is 0. The van der Waals surface area contributed by atoms with Gasteiger partial charge in [-0.2, -0.15) is 0 Å². The van der Waals surface area contributed by atoms with Gasteiger partial charge in [-0.05, 0) is 67.2 Å². The van der Waals surface area contributed by atoms with Gasteiger partial charge in [-0.25, -0.2) is 4.39 Å². The normalized spacial score (nSPS) is 26.0. The van der Waals surface area contributed by atoms with Crippen molar-refractivity contribution < 1.29 is 4.39 Å². The Morgan fingerprint density at radius 3 is 2.62 bits per heavy atom. The van der Waals surface area contributed by atoms with Gasteiger partial charge in [0, 0.05) is 10.9 Å². The van der Waals surface area contributed by atoms with E-state index in [0.717, 1.165) is 30.7 Å². The van der Waals surface area contributed by atoms with Crippen molar-refractivity contribution in [2.24, 2.45) is 11.3 Å². The van der Waals surface area contributed by atoms with Crippen molar-refractivity contribution in [2.45, 2.75) is 58.3 Å². The number of halogens is 3. The number of benzene rings is 1. The minimum absolute atomic E-state index is 0.0989. The van der Waals surface area contributed by atoms with E-state index in [1.807, 2.05) is 0 Å². The molecule has 1 saturated carbocycles. The topological polar surface area (TPSA) is 0 Å². The monoisotopic (exact) mass is 330 g/mol. The highest BCUT2D eigenvalue weighted by Gasteiger charge is 2.35. The third-order valence-electron chi connectivity index (χ3n) is 4.99. The highest BCUT2D eigenvalue weighted by atomic mass is 35.5. The molecule has 0 aromatic heterocycles. The highest BCUT2D eigenvalue weighted by molar-refractivity contribution is 6.31. The molecule has 0 atom stereocenters. The van der Waals surface area contributed by atoms with Gasteiger partial charge in [-0.3, -0.25) is 0 Å². The fourth-order valence-corrected chi connectivity index (χ4v) is 4.06. The van der Waals surface area contributed by atoms with E-state index in [9.17, 15) is 4.39 Å². The molecular formula is C18H25Cl2F. The van der Waals surface area contributed by atoms with Crippen LogP contribution in [0.25, 0.3) is 0 Å². The van der Waals surface area contributed by atoms with Crippen LogP contribution in [-0.4, -0.2) is 5.88 Å². The van der Waals surface area contributed by atoms with Crippen LogP contribution >= 0.6 is 23.2 Å². The quantitative estimate of drug-likeness (QED) is 0.513. The maximum Gasteiger partial charge on any atom is 0.123 e. The number of rotatable bonds is 6. The summed E-state index contributed by atoms with van der Waals surface area (Å²) in [6.45, 7) is 2.25. The Balaban J connectivity index is 2.01. The van der Waals surface area contributed by atoms with Gasteiger partial charge >= 0.3 is 0 Å². The van der Waals surface area contributed by atoms with Gasteiger partial charge in [0.05, 0.1) is 0 Å². The summed E-state index contributed by atoms with van der Waals surface area (Å²) in [6, 6.07) is 4.64. The second-order valence-corrected chi connectivity index (χ2v) is 7.31. The summed E-state index contributed by atoms with van der Waals surface area (Å²) >= 11 is 12.5. The Hall–Kier alpha value is -0.270. The molecule has 2 rings (SSSR count). The van der Waals surface area contributed by atoms with E-state index in [0.29, 0.717) is 10.9 Å². The smallest absolute Gasteiger partial charge is 0.123 e. The Morgan fingerprint density at radius 2 is 2.00 bits per heavy atom. The summed E-state index contributed by atoms with van der Waals surface area (Å²) < 4.78 is 13.4. The predicted molar refractivity (Wildman–Crippen MR) is 89.8 cm³/mol. The van der Waals surface area contributed by atoms with Gasteiger partial charge in [0.15, 0.2) is 0 Å². The number of hydrogen-bond acceptors (Lipinski definition) is 0. The summed E-state index contributed by atoms with van der Waals surface area (Å²) in [5.74, 6) is 1.28. The van der Waals surface area contributed by atoms with Crippen LogP contribution in [0.1, 0.15) is 57.4 Å². The Morgan fingerprint density at radius 1 is 1.29 bits per heavy atom. The summed E-state index contributed by atoms with van der Waals surface area (Å²) in [4.78, 5) is 0. The van der Waals surface area contributed by atoms with Gasteiger partial charge < -0.3 is 0 Å². The average molecular weight is 331 g/mol. The molecule has 0 amide bonds. The molecule has 0 nitrogen and oxygen atoms in total. The predicted octanol–water partition coefficient (Wildman–Crippen LogP) is 6.63. The van der Waals surface area contributed by atoms with Crippen LogP contribution in [0, 0.1) is 17.2 Å². The molecule has 1 aromatic carbocycles. The molecule has 0 radical (unpaired) electrons. The average Bonchev–Trinajstić information content (AvgIpc) is 2.50. The first kappa shape index (κ1) is 17.1. The van der Waals surface area contributed by atoms with Crippen molar-refractivity contribution in [2.75, 3.05) is 5.88 Å². The molecule has 1 aliphatic rings. The lowest BCUT2D eigenvalue weighted by atomic mass is 9.68. The summed E-state index contributed by atoms with van der Waals surface area (Å²) in [7, 11) is 0. The molecule has 0 bridgehead atoms. The molecule has 0 saturated heterocycles. The molecule has 21 heavy (non-hydrogen) atoms. The first-order valence-corrected chi connectivity index (χ1v) is 9.00. The van der Waals surface area contributed by atoms with Gasteiger partial charge in [0.25, 0.3) is 0 Å². The van der Waals surface area contributed by atoms with Crippen molar-refractivity contribution in [3.63, 3.8) is 0 Å². The van der Waals surface area contributed by atoms with E-state index < -0.39 is 0 Å². The molecule has 0 unspecified atom stereocenters. The minimum atomic E-state index is -0.212. The lowest BCUT2D eigenvalue weighted by Crippen LogP contribution is -2.31. The van der Waals surface area contributed by atoms with Gasteiger partial charge in [-0.15, -0.1) is 11.6 Å². The minimum Gasteiger partial charge on any atom is -0.207 e. The summed E-state index contributed by atoms with van der Waals surface area (Å²) in [5.41, 5.74) is 1.01. The van der Waals surface area contributed by atoms with Crippen LogP contribution in [0.3, 0.4) is 0 Å². The molecule has 0 N–H and O–H groups in total. The molecule has 0 aliphatic heterocycles. The molecule has 1 aliphatic carbocycles. The fraction of sp³-hybridized carbons (Fsp3) is 0.667. The van der Waals surface area contributed by atoms with Crippen LogP contribution < -0.4 is 0 Å². The number of unbranched alkanes of at least 4 members (excludes halogenated alkanes) is 1. The molecule has 3 heteroatoms. The molecule has 1 fully saturated rings. The molecular weight excluding hydrogens is 306 g/mol. The maximum absolute atomic E-state index is 13.4. The van der Waals surface area contributed by atoms with E-state index in [-0.39, 0.29) is 11.2 Å². The number of alkyl halides is 1. The van der Waals surface area contributed by atoms with Crippen molar-refractivity contribution in [1.29, 1.82) is 0 Å². The van der Waals surface area contributed by atoms with E-state index in [1.165, 1.54) is 38.2 Å². The largest absolute Gasteiger partial charge is 0.207 e. The van der Waals surface area contributed by atoms with E-state index in [1.54, 1.807) is 12.1 Å². The summed E-state index contributed by atoms with van der Waals surface area (Å²) in [5, 5.41) is 0.661. The Bertz CT molecular complexity index is 451.